The zero-order valence-corrected chi connectivity index (χ0v) is 15.8. The number of hydrogen-bond donors (Lipinski definition) is 0. The van der Waals surface area contributed by atoms with Crippen molar-refractivity contribution in [2.45, 2.75) is 91.1 Å². The molecule has 0 N–H and O–H groups in total. The van der Waals surface area contributed by atoms with Crippen LogP contribution in [0.25, 0.3) is 0 Å². The number of ether oxygens (including phenoxy) is 3. The summed E-state index contributed by atoms with van der Waals surface area (Å²) in [6.07, 6.45) is 6.28. The van der Waals surface area contributed by atoms with Gasteiger partial charge in [0.2, 0.25) is 0 Å². The molecular weight excluding hydrogens is 292 g/mol. The standard InChI is InChI=1S/C19H34O4/c1-13(2)22-17(20)12-15(4)18-16(23-18)11-14(3)9-8-10-19(5,6)21-7/h12-14,16,18H,8-11H2,1-7H3/b15-12+. The highest BCUT2D eigenvalue weighted by molar-refractivity contribution is 5.83. The van der Waals surface area contributed by atoms with Crippen molar-refractivity contribution in [1.82, 2.24) is 0 Å². The van der Waals surface area contributed by atoms with Crippen molar-refractivity contribution in [3.05, 3.63) is 11.6 Å². The molecule has 0 spiro atoms. The van der Waals surface area contributed by atoms with Gasteiger partial charge in [-0.2, -0.15) is 0 Å². The first-order chi connectivity index (χ1) is 10.6. The highest BCUT2D eigenvalue weighted by Gasteiger charge is 2.40. The molecule has 0 aromatic rings. The lowest BCUT2D eigenvalue weighted by Crippen LogP contribution is -2.22. The molecule has 0 amide bonds. The largest absolute Gasteiger partial charge is 0.460 e. The van der Waals surface area contributed by atoms with Gasteiger partial charge in [-0.1, -0.05) is 19.8 Å². The SMILES string of the molecule is COC(C)(C)CCCC(C)CC1OC1/C(C)=C/C(=O)OC(C)C. The molecule has 1 heterocycles. The summed E-state index contributed by atoms with van der Waals surface area (Å²) >= 11 is 0. The third-order valence-corrected chi connectivity index (χ3v) is 4.39. The lowest BCUT2D eigenvalue weighted by molar-refractivity contribution is -0.141. The van der Waals surface area contributed by atoms with Crippen molar-refractivity contribution < 1.29 is 19.0 Å². The lowest BCUT2D eigenvalue weighted by Gasteiger charge is -2.23. The molecule has 1 aliphatic heterocycles. The molecule has 0 aliphatic carbocycles. The second-order valence-corrected chi connectivity index (χ2v) is 7.67. The Balaban J connectivity index is 2.27. The molecule has 0 saturated carbocycles. The van der Waals surface area contributed by atoms with Crippen LogP contribution in [0.3, 0.4) is 0 Å². The third kappa shape index (κ3) is 7.98. The summed E-state index contributed by atoms with van der Waals surface area (Å²) < 4.78 is 16.3. The van der Waals surface area contributed by atoms with Crippen LogP contribution in [-0.2, 0) is 19.0 Å². The molecule has 1 rings (SSSR count). The van der Waals surface area contributed by atoms with Gasteiger partial charge in [0.15, 0.2) is 0 Å². The first-order valence-electron chi connectivity index (χ1n) is 8.74. The molecule has 23 heavy (non-hydrogen) atoms. The highest BCUT2D eigenvalue weighted by Crippen LogP contribution is 2.35. The maximum atomic E-state index is 11.6. The average molecular weight is 326 g/mol. The Bertz CT molecular complexity index is 412. The summed E-state index contributed by atoms with van der Waals surface area (Å²) in [5.41, 5.74) is 0.933. The van der Waals surface area contributed by atoms with E-state index in [4.69, 9.17) is 14.2 Å². The van der Waals surface area contributed by atoms with Crippen molar-refractivity contribution in [3.8, 4) is 0 Å². The van der Waals surface area contributed by atoms with Crippen molar-refractivity contribution in [3.63, 3.8) is 0 Å². The van der Waals surface area contributed by atoms with Crippen LogP contribution in [0.5, 0.6) is 0 Å². The number of hydrogen-bond acceptors (Lipinski definition) is 4. The average Bonchev–Trinajstić information content (AvgIpc) is 3.16. The first kappa shape index (κ1) is 20.2. The van der Waals surface area contributed by atoms with Crippen LogP contribution in [0, 0.1) is 5.92 Å². The fourth-order valence-electron chi connectivity index (χ4n) is 2.75. The normalized spacial score (nSPS) is 23.0. The minimum Gasteiger partial charge on any atom is -0.460 e. The zero-order valence-electron chi connectivity index (χ0n) is 15.8. The van der Waals surface area contributed by atoms with Gasteiger partial charge < -0.3 is 14.2 Å². The highest BCUT2D eigenvalue weighted by atomic mass is 16.6. The summed E-state index contributed by atoms with van der Waals surface area (Å²) in [5, 5.41) is 0. The van der Waals surface area contributed by atoms with Crippen LogP contribution in [0.15, 0.2) is 11.6 Å². The molecular formula is C19H34O4. The Morgan fingerprint density at radius 1 is 1.30 bits per heavy atom. The van der Waals surface area contributed by atoms with Gasteiger partial charge in [0, 0.05) is 13.2 Å². The molecule has 1 aliphatic rings. The van der Waals surface area contributed by atoms with Gasteiger partial charge in [0.05, 0.1) is 17.8 Å². The van der Waals surface area contributed by atoms with Crippen LogP contribution in [-0.4, -0.2) is 37.0 Å². The molecule has 1 saturated heterocycles. The van der Waals surface area contributed by atoms with Crippen LogP contribution >= 0.6 is 0 Å². The van der Waals surface area contributed by atoms with Crippen molar-refractivity contribution >= 4 is 5.97 Å². The van der Waals surface area contributed by atoms with E-state index in [-0.39, 0.29) is 29.9 Å². The minimum absolute atomic E-state index is 0.0333. The van der Waals surface area contributed by atoms with E-state index in [1.54, 1.807) is 13.2 Å². The van der Waals surface area contributed by atoms with Crippen LogP contribution in [0.4, 0.5) is 0 Å². The fourth-order valence-corrected chi connectivity index (χ4v) is 2.75. The number of epoxide rings is 1. The predicted molar refractivity (Wildman–Crippen MR) is 92.4 cm³/mol. The molecule has 1 fully saturated rings. The van der Waals surface area contributed by atoms with Gasteiger partial charge >= 0.3 is 5.97 Å². The summed E-state index contributed by atoms with van der Waals surface area (Å²) in [7, 11) is 1.77. The summed E-state index contributed by atoms with van der Waals surface area (Å²) in [5.74, 6) is 0.342. The van der Waals surface area contributed by atoms with E-state index in [1.807, 2.05) is 20.8 Å². The maximum Gasteiger partial charge on any atom is 0.331 e. The van der Waals surface area contributed by atoms with Crippen LogP contribution in [0.1, 0.15) is 67.2 Å². The van der Waals surface area contributed by atoms with Crippen LogP contribution < -0.4 is 0 Å². The smallest absolute Gasteiger partial charge is 0.331 e. The molecule has 0 radical (unpaired) electrons. The molecule has 0 aromatic carbocycles. The monoisotopic (exact) mass is 326 g/mol. The number of rotatable bonds is 10. The second kappa shape index (κ2) is 8.84. The van der Waals surface area contributed by atoms with Gasteiger partial charge in [-0.25, -0.2) is 4.79 Å². The zero-order chi connectivity index (χ0) is 17.6. The van der Waals surface area contributed by atoms with Crippen LogP contribution in [0.2, 0.25) is 0 Å². The van der Waals surface area contributed by atoms with Gasteiger partial charge in [0.25, 0.3) is 0 Å². The quantitative estimate of drug-likeness (QED) is 0.342. The molecule has 0 aromatic heterocycles. The van der Waals surface area contributed by atoms with Crippen molar-refractivity contribution in [2.75, 3.05) is 7.11 Å². The van der Waals surface area contributed by atoms with E-state index in [0.29, 0.717) is 5.92 Å². The Morgan fingerprint density at radius 2 is 1.96 bits per heavy atom. The molecule has 134 valence electrons. The van der Waals surface area contributed by atoms with Gasteiger partial charge in [0.1, 0.15) is 6.10 Å². The number of esters is 1. The minimum atomic E-state index is -0.276. The van der Waals surface area contributed by atoms with Crippen molar-refractivity contribution in [1.29, 1.82) is 0 Å². The third-order valence-electron chi connectivity index (χ3n) is 4.39. The fraction of sp³-hybridized carbons (Fsp3) is 0.842. The van der Waals surface area contributed by atoms with E-state index in [2.05, 4.69) is 20.8 Å². The summed E-state index contributed by atoms with van der Waals surface area (Å²) in [4.78, 5) is 11.6. The molecule has 4 nitrogen and oxygen atoms in total. The van der Waals surface area contributed by atoms with Gasteiger partial charge in [-0.05, 0) is 59.0 Å². The Kier molecular flexibility index (Phi) is 7.75. The maximum absolute atomic E-state index is 11.6. The molecule has 4 heteroatoms. The first-order valence-corrected chi connectivity index (χ1v) is 8.74. The number of carbonyl (C=O) groups is 1. The predicted octanol–water partition coefficient (Wildman–Crippen LogP) is 4.27. The van der Waals surface area contributed by atoms with Crippen molar-refractivity contribution in [2.24, 2.45) is 5.92 Å². The van der Waals surface area contributed by atoms with E-state index >= 15 is 0 Å². The Hall–Kier alpha value is -0.870. The van der Waals surface area contributed by atoms with E-state index in [1.165, 1.54) is 6.42 Å². The van der Waals surface area contributed by atoms with E-state index in [9.17, 15) is 4.79 Å². The Labute approximate surface area is 141 Å². The van der Waals surface area contributed by atoms with E-state index < -0.39 is 0 Å². The van der Waals surface area contributed by atoms with E-state index in [0.717, 1.165) is 24.8 Å². The number of carbonyl (C=O) groups excluding carboxylic acids is 1. The second-order valence-electron chi connectivity index (χ2n) is 7.67. The Morgan fingerprint density at radius 3 is 2.52 bits per heavy atom. The van der Waals surface area contributed by atoms with Gasteiger partial charge in [-0.15, -0.1) is 0 Å². The molecule has 0 bridgehead atoms. The lowest BCUT2D eigenvalue weighted by atomic mass is 9.93. The molecule has 3 atom stereocenters. The van der Waals surface area contributed by atoms with Gasteiger partial charge in [-0.3, -0.25) is 0 Å². The molecule has 3 unspecified atom stereocenters. The summed E-state index contributed by atoms with van der Waals surface area (Å²) in [6, 6.07) is 0. The topological polar surface area (TPSA) is 48.1 Å². The summed E-state index contributed by atoms with van der Waals surface area (Å²) in [6.45, 7) is 12.2. The number of methoxy groups -OCH3 is 1.